The second kappa shape index (κ2) is 4.08. The van der Waals surface area contributed by atoms with Crippen LogP contribution in [0.2, 0.25) is 0 Å². The smallest absolute Gasteiger partial charge is 0.320 e. The van der Waals surface area contributed by atoms with Crippen molar-refractivity contribution >= 4 is 28.6 Å². The largest absolute Gasteiger partial charge is 0.480 e. The third kappa shape index (κ3) is 3.20. The van der Waals surface area contributed by atoms with Gasteiger partial charge in [0.15, 0.2) is 0 Å². The Labute approximate surface area is 61.4 Å². The van der Waals surface area contributed by atoms with Crippen LogP contribution >= 0.6 is 22.6 Å². The minimum atomic E-state index is -0.915. The van der Waals surface area contributed by atoms with Crippen LogP contribution in [0.15, 0.2) is 0 Å². The third-order valence-corrected chi connectivity index (χ3v) is 1.36. The zero-order valence-electron chi connectivity index (χ0n) is 4.30. The van der Waals surface area contributed by atoms with Crippen molar-refractivity contribution < 1.29 is 9.90 Å². The Morgan fingerprint density at radius 2 is 2.38 bits per heavy atom. The van der Waals surface area contributed by atoms with E-state index in [0.717, 1.165) is 4.43 Å². The zero-order valence-corrected chi connectivity index (χ0v) is 6.46. The Hall–Kier alpha value is 0.160. The van der Waals surface area contributed by atoms with E-state index in [0.29, 0.717) is 6.42 Å². The van der Waals surface area contributed by atoms with Gasteiger partial charge in [0, 0.05) is 4.43 Å². The molecule has 0 heterocycles. The van der Waals surface area contributed by atoms with Crippen molar-refractivity contribution in [3.8, 4) is 0 Å². The fraction of sp³-hybridized carbons (Fsp3) is 0.750. The van der Waals surface area contributed by atoms with Gasteiger partial charge in [-0.05, 0) is 6.42 Å². The van der Waals surface area contributed by atoms with Gasteiger partial charge >= 0.3 is 5.97 Å². The Morgan fingerprint density at radius 1 is 1.88 bits per heavy atom. The van der Waals surface area contributed by atoms with Crippen LogP contribution in [-0.4, -0.2) is 21.5 Å². The first-order chi connectivity index (χ1) is 3.68. The van der Waals surface area contributed by atoms with Gasteiger partial charge in [-0.25, -0.2) is 0 Å². The quantitative estimate of drug-likeness (QED) is 0.537. The van der Waals surface area contributed by atoms with Gasteiger partial charge in [0.2, 0.25) is 0 Å². The van der Waals surface area contributed by atoms with Gasteiger partial charge in [0.25, 0.3) is 0 Å². The van der Waals surface area contributed by atoms with Crippen LogP contribution < -0.4 is 5.73 Å². The predicted octanol–water partition coefficient (Wildman–Crippen LogP) is 0.223. The molecule has 3 nitrogen and oxygen atoms in total. The van der Waals surface area contributed by atoms with Crippen LogP contribution in [-0.2, 0) is 4.79 Å². The highest BCUT2D eigenvalue weighted by Crippen LogP contribution is 1.92. The second-order valence-electron chi connectivity index (χ2n) is 1.42. The molecule has 0 saturated carbocycles. The molecule has 0 spiro atoms. The molecule has 0 aromatic carbocycles. The van der Waals surface area contributed by atoms with Crippen molar-refractivity contribution in [2.45, 2.75) is 12.5 Å². The summed E-state index contributed by atoms with van der Waals surface area (Å²) >= 11 is 2.09. The van der Waals surface area contributed by atoms with E-state index in [4.69, 9.17) is 10.8 Å². The van der Waals surface area contributed by atoms with Gasteiger partial charge in [-0.15, -0.1) is 0 Å². The standard InChI is InChI=1S/C4H8INO2/c5-2-1-3(6)4(7)8/h3H,1-2,6H2,(H,7,8). The Morgan fingerprint density at radius 3 is 2.50 bits per heavy atom. The lowest BCUT2D eigenvalue weighted by Gasteiger charge is -1.99. The summed E-state index contributed by atoms with van der Waals surface area (Å²) in [4.78, 5) is 9.96. The summed E-state index contributed by atoms with van der Waals surface area (Å²) in [7, 11) is 0. The van der Waals surface area contributed by atoms with Crippen LogP contribution in [0.3, 0.4) is 0 Å². The fourth-order valence-corrected chi connectivity index (χ4v) is 0.912. The molecule has 0 aliphatic carbocycles. The molecule has 0 rings (SSSR count). The molecule has 0 fully saturated rings. The Bertz CT molecular complexity index is 86.1. The first kappa shape index (κ1) is 8.16. The van der Waals surface area contributed by atoms with Crippen LogP contribution in [0.25, 0.3) is 0 Å². The van der Waals surface area contributed by atoms with E-state index in [-0.39, 0.29) is 0 Å². The summed E-state index contributed by atoms with van der Waals surface area (Å²) in [6.07, 6.45) is 0.551. The molecule has 0 saturated heterocycles. The number of rotatable bonds is 3. The van der Waals surface area contributed by atoms with Gasteiger partial charge in [-0.2, -0.15) is 0 Å². The molecule has 48 valence electrons. The number of nitrogens with two attached hydrogens (primary N) is 1. The van der Waals surface area contributed by atoms with Crippen molar-refractivity contribution in [3.05, 3.63) is 0 Å². The van der Waals surface area contributed by atoms with E-state index in [1.807, 2.05) is 0 Å². The number of carboxylic acids is 1. The van der Waals surface area contributed by atoms with Crippen LogP contribution in [0.4, 0.5) is 0 Å². The molecule has 0 aromatic heterocycles. The molecular weight excluding hydrogens is 221 g/mol. The second-order valence-corrected chi connectivity index (χ2v) is 2.50. The lowest BCUT2D eigenvalue weighted by molar-refractivity contribution is -0.138. The fourth-order valence-electron chi connectivity index (χ4n) is 0.241. The first-order valence-corrected chi connectivity index (χ1v) is 3.75. The van der Waals surface area contributed by atoms with Crippen molar-refractivity contribution in [1.29, 1.82) is 0 Å². The van der Waals surface area contributed by atoms with E-state index in [1.54, 1.807) is 0 Å². The maximum Gasteiger partial charge on any atom is 0.320 e. The van der Waals surface area contributed by atoms with Crippen molar-refractivity contribution in [2.24, 2.45) is 5.73 Å². The maximum absolute atomic E-state index is 9.96. The van der Waals surface area contributed by atoms with Gasteiger partial charge in [0.1, 0.15) is 6.04 Å². The Balaban J connectivity index is 3.32. The van der Waals surface area contributed by atoms with Gasteiger partial charge < -0.3 is 10.8 Å². The summed E-state index contributed by atoms with van der Waals surface area (Å²) in [5, 5.41) is 8.18. The summed E-state index contributed by atoms with van der Waals surface area (Å²) in [5.41, 5.74) is 5.12. The number of carboxylic acid groups (broad SMARTS) is 1. The van der Waals surface area contributed by atoms with Crippen LogP contribution in [0, 0.1) is 0 Å². The molecule has 1 unspecified atom stereocenters. The molecular formula is C4H8INO2. The summed E-state index contributed by atoms with van der Waals surface area (Å²) < 4.78 is 0.797. The van der Waals surface area contributed by atoms with Gasteiger partial charge in [-0.1, -0.05) is 22.6 Å². The van der Waals surface area contributed by atoms with Crippen LogP contribution in [0.5, 0.6) is 0 Å². The van der Waals surface area contributed by atoms with Crippen molar-refractivity contribution in [3.63, 3.8) is 0 Å². The van der Waals surface area contributed by atoms with E-state index in [1.165, 1.54) is 0 Å². The van der Waals surface area contributed by atoms with Gasteiger partial charge in [0.05, 0.1) is 0 Å². The van der Waals surface area contributed by atoms with E-state index < -0.39 is 12.0 Å². The SMILES string of the molecule is NC(CCI)C(=O)O. The molecule has 0 amide bonds. The molecule has 0 aliphatic heterocycles. The molecule has 0 aromatic rings. The predicted molar refractivity (Wildman–Crippen MR) is 39.1 cm³/mol. The molecule has 0 radical (unpaired) electrons. The molecule has 0 bridgehead atoms. The van der Waals surface area contributed by atoms with Crippen molar-refractivity contribution in [2.75, 3.05) is 4.43 Å². The van der Waals surface area contributed by atoms with Crippen LogP contribution in [0.1, 0.15) is 6.42 Å². The molecule has 0 aliphatic rings. The number of halogens is 1. The third-order valence-electron chi connectivity index (χ3n) is 0.737. The molecule has 4 heteroatoms. The van der Waals surface area contributed by atoms with Crippen molar-refractivity contribution in [1.82, 2.24) is 0 Å². The average molecular weight is 229 g/mol. The van der Waals surface area contributed by atoms with Gasteiger partial charge in [-0.3, -0.25) is 4.79 Å². The number of alkyl halides is 1. The number of hydrogen-bond acceptors (Lipinski definition) is 2. The molecule has 1 atom stereocenters. The lowest BCUT2D eigenvalue weighted by atomic mass is 10.2. The van der Waals surface area contributed by atoms with E-state index >= 15 is 0 Å². The summed E-state index contributed by atoms with van der Waals surface area (Å²) in [5.74, 6) is -0.915. The average Bonchev–Trinajstić information content (AvgIpc) is 1.67. The zero-order chi connectivity index (χ0) is 6.57. The van der Waals surface area contributed by atoms with E-state index in [9.17, 15) is 4.79 Å². The minimum absolute atomic E-state index is 0.551. The first-order valence-electron chi connectivity index (χ1n) is 2.23. The lowest BCUT2D eigenvalue weighted by Crippen LogP contribution is -2.30. The van der Waals surface area contributed by atoms with E-state index in [2.05, 4.69) is 22.6 Å². The normalized spacial score (nSPS) is 13.2. The highest BCUT2D eigenvalue weighted by Gasteiger charge is 2.08. The number of aliphatic carboxylic acids is 1. The monoisotopic (exact) mass is 229 g/mol. The highest BCUT2D eigenvalue weighted by atomic mass is 127. The molecule has 3 N–H and O–H groups in total. The minimum Gasteiger partial charge on any atom is -0.480 e. The highest BCUT2D eigenvalue weighted by molar-refractivity contribution is 14.1. The Kier molecular flexibility index (Phi) is 4.16. The number of hydrogen-bond donors (Lipinski definition) is 2. The number of carbonyl (C=O) groups is 1. The molecule has 8 heavy (non-hydrogen) atoms. The summed E-state index contributed by atoms with van der Waals surface area (Å²) in [6, 6.07) is -0.674. The summed E-state index contributed by atoms with van der Waals surface area (Å²) in [6.45, 7) is 0. The topological polar surface area (TPSA) is 63.3 Å². The maximum atomic E-state index is 9.96.